The summed E-state index contributed by atoms with van der Waals surface area (Å²) < 4.78 is 63.4. The lowest BCUT2D eigenvalue weighted by atomic mass is 10.1. The molecule has 130 valence electrons. The summed E-state index contributed by atoms with van der Waals surface area (Å²) in [6, 6.07) is 3.05. The number of sulfonamides is 1. The monoisotopic (exact) mass is 374 g/mol. The van der Waals surface area contributed by atoms with E-state index in [0.717, 1.165) is 18.2 Å². The maximum atomic E-state index is 12.6. The Kier molecular flexibility index (Phi) is 5.68. The molecular formula is C12H14ClF3N2O4S. The van der Waals surface area contributed by atoms with Crippen LogP contribution >= 0.6 is 11.6 Å². The van der Waals surface area contributed by atoms with Crippen molar-refractivity contribution in [2.24, 2.45) is 0 Å². The molecule has 3 N–H and O–H groups in total. The summed E-state index contributed by atoms with van der Waals surface area (Å²) in [7, 11) is -3.81. The van der Waals surface area contributed by atoms with Gasteiger partial charge in [-0.3, -0.25) is 4.79 Å². The molecule has 0 bridgehead atoms. The van der Waals surface area contributed by atoms with Gasteiger partial charge in [-0.05, 0) is 25.1 Å². The van der Waals surface area contributed by atoms with E-state index >= 15 is 0 Å². The van der Waals surface area contributed by atoms with Crippen LogP contribution in [0.2, 0.25) is 5.02 Å². The summed E-state index contributed by atoms with van der Waals surface area (Å²) in [6.07, 6.45) is -5.18. The van der Waals surface area contributed by atoms with E-state index in [0.29, 0.717) is 6.92 Å². The van der Waals surface area contributed by atoms with Gasteiger partial charge in [0.05, 0.1) is 15.6 Å². The largest absolute Gasteiger partial charge is 0.426 e. The lowest BCUT2D eigenvalue weighted by Crippen LogP contribution is -2.52. The number of hydrogen-bond acceptors (Lipinski definition) is 4. The van der Waals surface area contributed by atoms with Crippen molar-refractivity contribution in [1.29, 1.82) is 0 Å². The SMILES string of the molecule is CCNS(=O)(=O)c1ccc(NC(=O)C(C)(O)C(F)(F)F)c(Cl)c1. The Morgan fingerprint density at radius 2 is 1.91 bits per heavy atom. The number of nitrogens with one attached hydrogen (secondary N) is 2. The fourth-order valence-electron chi connectivity index (χ4n) is 1.41. The van der Waals surface area contributed by atoms with Crippen molar-refractivity contribution in [2.45, 2.75) is 30.5 Å². The molecule has 0 spiro atoms. The molecule has 0 saturated heterocycles. The molecule has 0 fully saturated rings. The van der Waals surface area contributed by atoms with E-state index in [-0.39, 0.29) is 22.2 Å². The molecule has 6 nitrogen and oxygen atoms in total. The standard InChI is InChI=1S/C12H14ClF3N2O4S/c1-3-17-23(21,22)7-4-5-9(8(13)6-7)18-10(19)11(2,20)12(14,15)16/h4-6,17,20H,3H2,1-2H3,(H,18,19). The number of halogens is 4. The van der Waals surface area contributed by atoms with E-state index in [1.807, 2.05) is 5.32 Å². The van der Waals surface area contributed by atoms with Crippen LogP contribution in [0, 0.1) is 0 Å². The van der Waals surface area contributed by atoms with Crippen LogP contribution in [-0.2, 0) is 14.8 Å². The molecule has 0 saturated carbocycles. The number of rotatable bonds is 5. The zero-order chi connectivity index (χ0) is 18.1. The van der Waals surface area contributed by atoms with Crippen LogP contribution in [0.4, 0.5) is 18.9 Å². The van der Waals surface area contributed by atoms with Crippen LogP contribution in [0.15, 0.2) is 23.1 Å². The minimum Gasteiger partial charge on any atom is -0.373 e. The Morgan fingerprint density at radius 3 is 2.35 bits per heavy atom. The topological polar surface area (TPSA) is 95.5 Å². The van der Waals surface area contributed by atoms with Crippen LogP contribution in [0.3, 0.4) is 0 Å². The molecule has 0 aromatic heterocycles. The minimum atomic E-state index is -5.18. The average molecular weight is 375 g/mol. The smallest absolute Gasteiger partial charge is 0.373 e. The van der Waals surface area contributed by atoms with Gasteiger partial charge in [0.25, 0.3) is 5.91 Å². The second kappa shape index (κ2) is 6.63. The van der Waals surface area contributed by atoms with Crippen molar-refractivity contribution in [1.82, 2.24) is 4.72 Å². The number of amides is 1. The van der Waals surface area contributed by atoms with Crippen molar-refractivity contribution in [3.05, 3.63) is 23.2 Å². The molecule has 0 aliphatic rings. The minimum absolute atomic E-state index is 0.132. The summed E-state index contributed by atoms with van der Waals surface area (Å²) in [5.74, 6) is -1.74. The highest BCUT2D eigenvalue weighted by molar-refractivity contribution is 7.89. The normalized spacial score (nSPS) is 15.1. The summed E-state index contributed by atoms with van der Waals surface area (Å²) in [4.78, 5) is 11.3. The van der Waals surface area contributed by atoms with Gasteiger partial charge in [-0.1, -0.05) is 18.5 Å². The molecule has 1 atom stereocenters. The van der Waals surface area contributed by atoms with Crippen molar-refractivity contribution >= 4 is 33.2 Å². The first-order chi connectivity index (χ1) is 10.3. The molecule has 1 amide bonds. The van der Waals surface area contributed by atoms with E-state index in [1.165, 1.54) is 0 Å². The van der Waals surface area contributed by atoms with Crippen LogP contribution in [0.5, 0.6) is 0 Å². The molecular weight excluding hydrogens is 361 g/mol. The fourth-order valence-corrected chi connectivity index (χ4v) is 2.77. The molecule has 1 rings (SSSR count). The molecule has 0 aliphatic carbocycles. The number of alkyl halides is 3. The molecule has 11 heteroatoms. The fraction of sp³-hybridized carbons (Fsp3) is 0.417. The summed E-state index contributed by atoms with van der Waals surface area (Å²) in [5.41, 5.74) is -3.89. The highest BCUT2D eigenvalue weighted by Gasteiger charge is 2.55. The number of carbonyl (C=O) groups is 1. The average Bonchev–Trinajstić information content (AvgIpc) is 2.39. The van der Waals surface area contributed by atoms with Crippen LogP contribution in [-0.4, -0.2) is 37.8 Å². The second-order valence-electron chi connectivity index (χ2n) is 4.67. The van der Waals surface area contributed by atoms with Gasteiger partial charge in [0, 0.05) is 6.54 Å². The first-order valence-electron chi connectivity index (χ1n) is 6.22. The first-order valence-corrected chi connectivity index (χ1v) is 8.09. The molecule has 1 unspecified atom stereocenters. The molecule has 0 aliphatic heterocycles. The highest BCUT2D eigenvalue weighted by Crippen LogP contribution is 2.32. The lowest BCUT2D eigenvalue weighted by Gasteiger charge is -2.25. The van der Waals surface area contributed by atoms with Gasteiger partial charge in [-0.2, -0.15) is 13.2 Å². The zero-order valence-electron chi connectivity index (χ0n) is 12.0. The second-order valence-corrected chi connectivity index (χ2v) is 6.84. The Hall–Kier alpha value is -1.36. The van der Waals surface area contributed by atoms with Crippen molar-refractivity contribution in [3.63, 3.8) is 0 Å². The molecule has 0 radical (unpaired) electrons. The Labute approximate surface area is 135 Å². The van der Waals surface area contributed by atoms with Gasteiger partial charge in [-0.25, -0.2) is 13.1 Å². The third kappa shape index (κ3) is 4.34. The van der Waals surface area contributed by atoms with Gasteiger partial charge in [0.15, 0.2) is 0 Å². The maximum Gasteiger partial charge on any atom is 0.426 e. The summed E-state index contributed by atoms with van der Waals surface area (Å²) in [6.45, 7) is 1.99. The maximum absolute atomic E-state index is 12.6. The van der Waals surface area contributed by atoms with Crippen LogP contribution < -0.4 is 10.0 Å². The molecule has 1 aromatic carbocycles. The van der Waals surface area contributed by atoms with Crippen LogP contribution in [0.25, 0.3) is 0 Å². The van der Waals surface area contributed by atoms with E-state index in [2.05, 4.69) is 4.72 Å². The van der Waals surface area contributed by atoms with E-state index in [1.54, 1.807) is 6.92 Å². The molecule has 1 aromatic rings. The van der Waals surface area contributed by atoms with E-state index in [9.17, 15) is 31.5 Å². The third-order valence-electron chi connectivity index (χ3n) is 2.83. The number of benzene rings is 1. The summed E-state index contributed by atoms with van der Waals surface area (Å²) >= 11 is 5.77. The van der Waals surface area contributed by atoms with Crippen molar-refractivity contribution in [3.8, 4) is 0 Å². The lowest BCUT2D eigenvalue weighted by molar-refractivity contribution is -0.242. The predicted octanol–water partition coefficient (Wildman–Crippen LogP) is 1.89. The molecule has 0 heterocycles. The Balaban J connectivity index is 3.08. The number of hydrogen-bond donors (Lipinski definition) is 3. The third-order valence-corrected chi connectivity index (χ3v) is 4.68. The Bertz CT molecular complexity index is 705. The van der Waals surface area contributed by atoms with Gasteiger partial charge in [-0.15, -0.1) is 0 Å². The number of aliphatic hydroxyl groups is 1. The first kappa shape index (κ1) is 19.7. The van der Waals surface area contributed by atoms with E-state index in [4.69, 9.17) is 11.6 Å². The molecule has 23 heavy (non-hydrogen) atoms. The quantitative estimate of drug-likeness (QED) is 0.733. The summed E-state index contributed by atoms with van der Waals surface area (Å²) in [5, 5.41) is 10.8. The van der Waals surface area contributed by atoms with Gasteiger partial charge >= 0.3 is 6.18 Å². The van der Waals surface area contributed by atoms with Gasteiger partial charge < -0.3 is 10.4 Å². The van der Waals surface area contributed by atoms with Crippen LogP contribution in [0.1, 0.15) is 13.8 Å². The zero-order valence-corrected chi connectivity index (χ0v) is 13.6. The van der Waals surface area contributed by atoms with Crippen molar-refractivity contribution < 1.29 is 31.5 Å². The highest BCUT2D eigenvalue weighted by atomic mass is 35.5. The number of anilines is 1. The predicted molar refractivity (Wildman–Crippen MR) is 77.6 cm³/mol. The van der Waals surface area contributed by atoms with E-state index < -0.39 is 27.7 Å². The van der Waals surface area contributed by atoms with Gasteiger partial charge in [0.1, 0.15) is 0 Å². The Morgan fingerprint density at radius 1 is 1.35 bits per heavy atom. The van der Waals surface area contributed by atoms with Crippen molar-refractivity contribution in [2.75, 3.05) is 11.9 Å². The van der Waals surface area contributed by atoms with Gasteiger partial charge in [0.2, 0.25) is 15.6 Å². The number of carbonyl (C=O) groups excluding carboxylic acids is 1.